The van der Waals surface area contributed by atoms with Gasteiger partial charge in [-0.3, -0.25) is 0 Å². The molecule has 0 bridgehead atoms. The second-order valence-corrected chi connectivity index (χ2v) is 5.06. The summed E-state index contributed by atoms with van der Waals surface area (Å²) in [6.45, 7) is 1.56. The molecule has 3 nitrogen and oxygen atoms in total. The Labute approximate surface area is 128 Å². The largest absolute Gasteiger partial charge is 0.573 e. The fraction of sp³-hybridized carbons (Fsp3) is 0.500. The van der Waals surface area contributed by atoms with Gasteiger partial charge in [-0.2, -0.15) is 0 Å². The molecule has 0 atom stereocenters. The minimum Gasteiger partial charge on any atom is -0.402 e. The van der Waals surface area contributed by atoms with Crippen LogP contribution in [0.3, 0.4) is 0 Å². The predicted molar refractivity (Wildman–Crippen MR) is 68.8 cm³/mol. The second-order valence-electron chi connectivity index (χ2n) is 5.06. The van der Waals surface area contributed by atoms with Crippen LogP contribution in [0.4, 0.5) is 26.3 Å². The first-order valence-electron chi connectivity index (χ1n) is 6.83. The molecule has 1 aliphatic rings. The highest BCUT2D eigenvalue weighted by atomic mass is 19.4. The Balaban J connectivity index is 2.19. The number of hydrogen-bond donors (Lipinski definition) is 1. The summed E-state index contributed by atoms with van der Waals surface area (Å²) in [5.41, 5.74) is 0.352. The van der Waals surface area contributed by atoms with Gasteiger partial charge >= 0.3 is 12.7 Å². The molecule has 1 N–H and O–H groups in total. The number of piperidine rings is 1. The van der Waals surface area contributed by atoms with Crippen molar-refractivity contribution in [1.29, 1.82) is 0 Å². The van der Waals surface area contributed by atoms with Crippen LogP contribution in [0.15, 0.2) is 18.2 Å². The van der Waals surface area contributed by atoms with Crippen LogP contribution in [0.1, 0.15) is 18.4 Å². The summed E-state index contributed by atoms with van der Waals surface area (Å²) in [5.74, 6) is -1.90. The molecule has 0 aromatic heterocycles. The Morgan fingerprint density at radius 1 is 0.913 bits per heavy atom. The van der Waals surface area contributed by atoms with Gasteiger partial charge in [0.15, 0.2) is 11.5 Å². The maximum atomic E-state index is 12.4. The molecular weight excluding hydrogens is 328 g/mol. The van der Waals surface area contributed by atoms with Crippen molar-refractivity contribution in [3.05, 3.63) is 30.2 Å². The zero-order valence-electron chi connectivity index (χ0n) is 11.8. The molecule has 23 heavy (non-hydrogen) atoms. The average molecular weight is 342 g/mol. The van der Waals surface area contributed by atoms with E-state index in [0.717, 1.165) is 38.1 Å². The number of benzene rings is 1. The van der Waals surface area contributed by atoms with Gasteiger partial charge in [0.25, 0.3) is 0 Å². The number of ether oxygens (including phenoxy) is 2. The molecule has 0 aliphatic carbocycles. The number of halogens is 6. The zero-order valence-corrected chi connectivity index (χ0v) is 11.8. The summed E-state index contributed by atoms with van der Waals surface area (Å²) in [5, 5.41) is 3.14. The molecule has 9 heteroatoms. The number of rotatable bonds is 4. The summed E-state index contributed by atoms with van der Waals surface area (Å²) in [4.78, 5) is 0. The number of nitrogens with one attached hydrogen (secondary N) is 1. The van der Waals surface area contributed by atoms with E-state index in [4.69, 9.17) is 0 Å². The summed E-state index contributed by atoms with van der Waals surface area (Å²) in [7, 11) is 0. The van der Waals surface area contributed by atoms with Gasteiger partial charge in [0.2, 0.25) is 0 Å². The summed E-state index contributed by atoms with van der Waals surface area (Å²) in [6.07, 6.45) is -6.89. The van der Waals surface area contributed by atoms with Crippen molar-refractivity contribution >= 4 is 0 Å². The Kier molecular flexibility index (Phi) is 5.28. The number of alkyl halides is 6. The van der Waals surface area contributed by atoms with Crippen molar-refractivity contribution in [2.45, 2.75) is 25.6 Å². The van der Waals surface area contributed by atoms with Gasteiger partial charge < -0.3 is 14.8 Å². The molecule has 1 aromatic carbocycles. The van der Waals surface area contributed by atoms with Gasteiger partial charge in [0, 0.05) is 0 Å². The summed E-state index contributed by atoms with van der Waals surface area (Å²) >= 11 is 0. The van der Waals surface area contributed by atoms with Gasteiger partial charge in [-0.05, 0) is 56.0 Å². The monoisotopic (exact) mass is 342 g/mol. The van der Waals surface area contributed by atoms with Crippen LogP contribution in [-0.2, 0) is 0 Å². The van der Waals surface area contributed by atoms with Crippen molar-refractivity contribution < 1.29 is 35.8 Å². The molecule has 1 radical (unpaired) electrons. The van der Waals surface area contributed by atoms with Crippen molar-refractivity contribution in [2.24, 2.45) is 5.92 Å². The summed E-state index contributed by atoms with van der Waals surface area (Å²) in [6, 6.07) is 2.99. The normalized spacial score (nSPS) is 17.1. The molecule has 0 amide bonds. The van der Waals surface area contributed by atoms with Gasteiger partial charge in [0.1, 0.15) is 0 Å². The summed E-state index contributed by atoms with van der Waals surface area (Å²) < 4.78 is 81.1. The van der Waals surface area contributed by atoms with Crippen LogP contribution < -0.4 is 14.8 Å². The Morgan fingerprint density at radius 2 is 1.48 bits per heavy atom. The van der Waals surface area contributed by atoms with Crippen molar-refractivity contribution in [3.8, 4) is 11.5 Å². The van der Waals surface area contributed by atoms with Gasteiger partial charge in [-0.15, -0.1) is 26.3 Å². The Hall–Kier alpha value is -1.64. The third-order valence-corrected chi connectivity index (χ3v) is 3.23. The van der Waals surface area contributed by atoms with E-state index >= 15 is 0 Å². The minimum atomic E-state index is -5.11. The van der Waals surface area contributed by atoms with Crippen LogP contribution in [0.2, 0.25) is 0 Å². The molecular formula is C14H14F6NO2. The van der Waals surface area contributed by atoms with E-state index in [1.54, 1.807) is 6.42 Å². The quantitative estimate of drug-likeness (QED) is 0.838. The second kappa shape index (κ2) is 6.86. The van der Waals surface area contributed by atoms with E-state index < -0.39 is 24.2 Å². The Bertz CT molecular complexity index is 523. The molecule has 129 valence electrons. The van der Waals surface area contributed by atoms with E-state index in [-0.39, 0.29) is 5.92 Å². The van der Waals surface area contributed by atoms with E-state index in [2.05, 4.69) is 14.8 Å². The highest BCUT2D eigenvalue weighted by Crippen LogP contribution is 2.37. The molecule has 1 fully saturated rings. The molecule has 0 spiro atoms. The van der Waals surface area contributed by atoms with E-state index in [1.807, 2.05) is 0 Å². The van der Waals surface area contributed by atoms with Crippen LogP contribution in [0, 0.1) is 12.3 Å². The molecule has 1 aliphatic heterocycles. The third kappa shape index (κ3) is 6.17. The third-order valence-electron chi connectivity index (χ3n) is 3.23. The first-order chi connectivity index (χ1) is 10.6. The molecule has 0 saturated carbocycles. The highest BCUT2D eigenvalue weighted by Gasteiger charge is 2.36. The molecule has 1 heterocycles. The maximum absolute atomic E-state index is 12.4. The fourth-order valence-electron chi connectivity index (χ4n) is 2.32. The van der Waals surface area contributed by atoms with Crippen LogP contribution in [-0.4, -0.2) is 25.8 Å². The molecule has 2 rings (SSSR count). The van der Waals surface area contributed by atoms with Crippen molar-refractivity contribution in [2.75, 3.05) is 13.1 Å². The van der Waals surface area contributed by atoms with Crippen LogP contribution >= 0.6 is 0 Å². The Morgan fingerprint density at radius 3 is 2.04 bits per heavy atom. The number of hydrogen-bond acceptors (Lipinski definition) is 3. The zero-order chi connectivity index (χ0) is 17.1. The lowest BCUT2D eigenvalue weighted by Crippen LogP contribution is -2.28. The van der Waals surface area contributed by atoms with Crippen molar-refractivity contribution in [1.82, 2.24) is 5.32 Å². The average Bonchev–Trinajstić information content (AvgIpc) is 2.40. The van der Waals surface area contributed by atoms with E-state index in [0.29, 0.717) is 5.56 Å². The topological polar surface area (TPSA) is 30.5 Å². The van der Waals surface area contributed by atoms with Gasteiger partial charge in [0.05, 0.1) is 0 Å². The smallest absolute Gasteiger partial charge is 0.402 e. The van der Waals surface area contributed by atoms with Crippen molar-refractivity contribution in [3.63, 3.8) is 0 Å². The van der Waals surface area contributed by atoms with Gasteiger partial charge in [-0.25, -0.2) is 0 Å². The first-order valence-corrected chi connectivity index (χ1v) is 6.83. The fourth-order valence-corrected chi connectivity index (χ4v) is 2.32. The van der Waals surface area contributed by atoms with Gasteiger partial charge in [-0.1, -0.05) is 6.07 Å². The predicted octanol–water partition coefficient (Wildman–Crippen LogP) is 4.04. The lowest BCUT2D eigenvalue weighted by atomic mass is 9.91. The van der Waals surface area contributed by atoms with Crippen LogP contribution in [0.25, 0.3) is 0 Å². The lowest BCUT2D eigenvalue weighted by molar-refractivity contribution is -0.287. The minimum absolute atomic E-state index is 0.143. The molecule has 1 aromatic rings. The van der Waals surface area contributed by atoms with E-state index in [1.165, 1.54) is 6.07 Å². The highest BCUT2D eigenvalue weighted by molar-refractivity contribution is 5.45. The van der Waals surface area contributed by atoms with E-state index in [9.17, 15) is 26.3 Å². The first kappa shape index (κ1) is 17.7. The molecule has 0 unspecified atom stereocenters. The van der Waals surface area contributed by atoms with Crippen LogP contribution in [0.5, 0.6) is 11.5 Å². The SMILES string of the molecule is FC(F)(F)Oc1ccc([CH]C2CCNCC2)cc1OC(F)(F)F. The lowest BCUT2D eigenvalue weighted by Gasteiger charge is -2.23. The maximum Gasteiger partial charge on any atom is 0.573 e. The standard InChI is InChI=1S/C14H14F6NO2/c15-13(16,17)22-11-2-1-10(7-9-3-5-21-6-4-9)8-12(11)23-14(18,19)20/h1-2,7-9,21H,3-6H2. The molecule has 1 saturated heterocycles.